The Kier molecular flexibility index (Phi) is 4.27. The van der Waals surface area contributed by atoms with Crippen LogP contribution in [-0.2, 0) is 0 Å². The van der Waals surface area contributed by atoms with Crippen LogP contribution in [0.15, 0.2) is 18.3 Å². The number of anilines is 1. The molecule has 1 N–H and O–H groups in total. The highest BCUT2D eigenvalue weighted by molar-refractivity contribution is 5.47. The molecule has 4 nitrogen and oxygen atoms in total. The number of rotatable bonds is 4. The van der Waals surface area contributed by atoms with E-state index in [9.17, 15) is 5.11 Å². The van der Waals surface area contributed by atoms with Gasteiger partial charge in [0, 0.05) is 25.4 Å². The second-order valence-corrected chi connectivity index (χ2v) is 4.00. The molecule has 1 aromatic heterocycles. The van der Waals surface area contributed by atoms with Crippen molar-refractivity contribution < 1.29 is 5.11 Å². The summed E-state index contributed by atoms with van der Waals surface area (Å²) in [5.74, 6) is 0.674. The molecule has 0 saturated carbocycles. The van der Waals surface area contributed by atoms with Gasteiger partial charge in [0.15, 0.2) is 0 Å². The summed E-state index contributed by atoms with van der Waals surface area (Å²) in [5, 5.41) is 18.4. The first-order valence-electron chi connectivity index (χ1n) is 5.30. The highest BCUT2D eigenvalue weighted by Gasteiger charge is 2.14. The lowest BCUT2D eigenvalue weighted by molar-refractivity contribution is 0.199. The number of nitriles is 1. The van der Waals surface area contributed by atoms with E-state index in [1.165, 1.54) is 0 Å². The van der Waals surface area contributed by atoms with Crippen molar-refractivity contribution in [3.63, 3.8) is 0 Å². The lowest BCUT2D eigenvalue weighted by Gasteiger charge is -2.22. The van der Waals surface area contributed by atoms with E-state index in [2.05, 4.69) is 11.1 Å². The van der Waals surface area contributed by atoms with E-state index in [0.29, 0.717) is 6.54 Å². The summed E-state index contributed by atoms with van der Waals surface area (Å²) in [6.07, 6.45) is 1.14. The maximum atomic E-state index is 9.61. The normalized spacial score (nSPS) is 13.9. The molecule has 0 aromatic carbocycles. The van der Waals surface area contributed by atoms with E-state index in [-0.39, 0.29) is 5.92 Å². The quantitative estimate of drug-likeness (QED) is 0.837. The highest BCUT2D eigenvalue weighted by Crippen LogP contribution is 2.23. The molecule has 2 atom stereocenters. The van der Waals surface area contributed by atoms with Crippen molar-refractivity contribution in [1.82, 2.24) is 4.98 Å². The molecular weight excluding hydrogens is 202 g/mol. The fourth-order valence-corrected chi connectivity index (χ4v) is 1.59. The topological polar surface area (TPSA) is 60.2 Å². The SMILES string of the molecule is CC(C#N)CN(C)c1ncccc1[C@@H](C)O. The summed E-state index contributed by atoms with van der Waals surface area (Å²) in [5.41, 5.74) is 0.787. The summed E-state index contributed by atoms with van der Waals surface area (Å²) in [6.45, 7) is 4.18. The summed E-state index contributed by atoms with van der Waals surface area (Å²) < 4.78 is 0. The van der Waals surface area contributed by atoms with Gasteiger partial charge in [0.25, 0.3) is 0 Å². The van der Waals surface area contributed by atoms with Crippen molar-refractivity contribution in [3.8, 4) is 6.07 Å². The predicted octanol–water partition coefficient (Wildman–Crippen LogP) is 1.73. The maximum Gasteiger partial charge on any atom is 0.134 e. The van der Waals surface area contributed by atoms with Crippen LogP contribution in [0.5, 0.6) is 0 Å². The first kappa shape index (κ1) is 12.5. The first-order valence-corrected chi connectivity index (χ1v) is 5.30. The molecule has 0 aliphatic heterocycles. The van der Waals surface area contributed by atoms with Crippen LogP contribution in [0.2, 0.25) is 0 Å². The number of aliphatic hydroxyl groups excluding tert-OH is 1. The third-order valence-corrected chi connectivity index (χ3v) is 2.40. The van der Waals surface area contributed by atoms with Crippen LogP contribution in [0.3, 0.4) is 0 Å². The van der Waals surface area contributed by atoms with Crippen molar-refractivity contribution in [2.24, 2.45) is 5.92 Å². The molecule has 0 saturated heterocycles. The average molecular weight is 219 g/mol. The molecule has 0 aliphatic rings. The molecule has 0 radical (unpaired) electrons. The molecule has 1 aromatic rings. The summed E-state index contributed by atoms with van der Waals surface area (Å²) in [7, 11) is 1.88. The summed E-state index contributed by atoms with van der Waals surface area (Å²) in [4.78, 5) is 6.14. The number of aliphatic hydroxyl groups is 1. The fraction of sp³-hybridized carbons (Fsp3) is 0.500. The van der Waals surface area contributed by atoms with E-state index in [0.717, 1.165) is 11.4 Å². The molecule has 86 valence electrons. The molecule has 1 rings (SSSR count). The highest BCUT2D eigenvalue weighted by atomic mass is 16.3. The zero-order chi connectivity index (χ0) is 12.1. The molecule has 0 amide bonds. The second-order valence-electron chi connectivity index (χ2n) is 4.00. The third-order valence-electron chi connectivity index (χ3n) is 2.40. The minimum atomic E-state index is -0.552. The molecule has 1 heterocycles. The number of nitrogens with zero attached hydrogens (tertiary/aromatic N) is 3. The van der Waals surface area contributed by atoms with Gasteiger partial charge in [-0.1, -0.05) is 6.07 Å². The van der Waals surface area contributed by atoms with Crippen LogP contribution >= 0.6 is 0 Å². The Labute approximate surface area is 96.2 Å². The van der Waals surface area contributed by atoms with Gasteiger partial charge in [-0.05, 0) is 19.9 Å². The Balaban J connectivity index is 2.91. The van der Waals surface area contributed by atoms with E-state index in [1.807, 2.05) is 24.9 Å². The van der Waals surface area contributed by atoms with Crippen molar-refractivity contribution in [3.05, 3.63) is 23.9 Å². The standard InChI is InChI=1S/C12H17N3O/c1-9(7-13)8-15(3)12-11(10(2)16)5-4-6-14-12/h4-6,9-10,16H,8H2,1-3H3/t9?,10-/m1/s1. The van der Waals surface area contributed by atoms with Crippen LogP contribution in [0.4, 0.5) is 5.82 Å². The smallest absolute Gasteiger partial charge is 0.134 e. The fourth-order valence-electron chi connectivity index (χ4n) is 1.59. The number of pyridine rings is 1. The van der Waals surface area contributed by atoms with Gasteiger partial charge in [-0.25, -0.2) is 4.98 Å². The number of aromatic nitrogens is 1. The number of hydrogen-bond acceptors (Lipinski definition) is 4. The van der Waals surface area contributed by atoms with Gasteiger partial charge in [0.2, 0.25) is 0 Å². The van der Waals surface area contributed by atoms with Gasteiger partial charge in [-0.15, -0.1) is 0 Å². The zero-order valence-corrected chi connectivity index (χ0v) is 9.88. The number of hydrogen-bond donors (Lipinski definition) is 1. The van der Waals surface area contributed by atoms with Gasteiger partial charge >= 0.3 is 0 Å². The molecule has 0 spiro atoms. The van der Waals surface area contributed by atoms with Crippen molar-refractivity contribution in [2.45, 2.75) is 20.0 Å². The van der Waals surface area contributed by atoms with E-state index >= 15 is 0 Å². The first-order chi connectivity index (χ1) is 7.56. The van der Waals surface area contributed by atoms with Crippen molar-refractivity contribution >= 4 is 5.82 Å². The zero-order valence-electron chi connectivity index (χ0n) is 9.88. The van der Waals surface area contributed by atoms with Crippen molar-refractivity contribution in [2.75, 3.05) is 18.5 Å². The minimum absolute atomic E-state index is 0.0612. The second kappa shape index (κ2) is 5.47. The Morgan fingerprint density at radius 1 is 1.56 bits per heavy atom. The van der Waals surface area contributed by atoms with Crippen LogP contribution in [0, 0.1) is 17.2 Å². The molecule has 0 fully saturated rings. The van der Waals surface area contributed by atoms with E-state index in [1.54, 1.807) is 19.2 Å². The molecular formula is C12H17N3O. The van der Waals surface area contributed by atoms with Gasteiger partial charge in [-0.3, -0.25) is 0 Å². The summed E-state index contributed by atoms with van der Waals surface area (Å²) >= 11 is 0. The predicted molar refractivity (Wildman–Crippen MR) is 62.9 cm³/mol. The Bertz CT molecular complexity index is 384. The monoisotopic (exact) mass is 219 g/mol. The molecule has 0 bridgehead atoms. The molecule has 4 heteroatoms. The third kappa shape index (κ3) is 2.94. The maximum absolute atomic E-state index is 9.61. The van der Waals surface area contributed by atoms with Gasteiger partial charge in [-0.2, -0.15) is 5.26 Å². The lowest BCUT2D eigenvalue weighted by Crippen LogP contribution is -2.25. The van der Waals surface area contributed by atoms with E-state index < -0.39 is 6.10 Å². The van der Waals surface area contributed by atoms with Crippen LogP contribution in [0.25, 0.3) is 0 Å². The Hall–Kier alpha value is -1.60. The largest absolute Gasteiger partial charge is 0.389 e. The Morgan fingerprint density at radius 3 is 2.81 bits per heavy atom. The van der Waals surface area contributed by atoms with Gasteiger partial charge in [0.1, 0.15) is 5.82 Å². The van der Waals surface area contributed by atoms with Crippen LogP contribution < -0.4 is 4.90 Å². The molecule has 1 unspecified atom stereocenters. The average Bonchev–Trinajstić information content (AvgIpc) is 2.28. The van der Waals surface area contributed by atoms with Gasteiger partial charge in [0.05, 0.1) is 18.1 Å². The van der Waals surface area contributed by atoms with Gasteiger partial charge < -0.3 is 10.0 Å². The summed E-state index contributed by atoms with van der Waals surface area (Å²) in [6, 6.07) is 5.83. The minimum Gasteiger partial charge on any atom is -0.389 e. The van der Waals surface area contributed by atoms with E-state index in [4.69, 9.17) is 5.26 Å². The van der Waals surface area contributed by atoms with Crippen LogP contribution in [0.1, 0.15) is 25.5 Å². The molecule has 0 aliphatic carbocycles. The molecule has 16 heavy (non-hydrogen) atoms. The Morgan fingerprint density at radius 2 is 2.25 bits per heavy atom. The van der Waals surface area contributed by atoms with Crippen molar-refractivity contribution in [1.29, 1.82) is 5.26 Å². The lowest BCUT2D eigenvalue weighted by atomic mass is 10.1. The van der Waals surface area contributed by atoms with Crippen LogP contribution in [-0.4, -0.2) is 23.7 Å².